The number of thioether (sulfide) groups is 1. The van der Waals surface area contributed by atoms with Gasteiger partial charge in [0.1, 0.15) is 11.3 Å². The predicted molar refractivity (Wildman–Crippen MR) is 179 cm³/mol. The third kappa shape index (κ3) is 6.07. The Bertz CT molecular complexity index is 1960. The number of carbonyl (C=O) groups excluding carboxylic acids is 2. The fraction of sp³-hybridized carbons (Fsp3) is 0.242. The molecular formula is C33H30ClN5O5S2. The number of benzene rings is 2. The molecule has 1 atom stereocenters. The molecule has 0 aliphatic carbocycles. The van der Waals surface area contributed by atoms with E-state index in [1.54, 1.807) is 47.9 Å². The van der Waals surface area contributed by atoms with Crippen molar-refractivity contribution in [3.63, 3.8) is 0 Å². The van der Waals surface area contributed by atoms with Crippen LogP contribution in [0, 0.1) is 6.92 Å². The average molecular weight is 676 g/mol. The molecule has 0 radical (unpaired) electrons. The maximum absolute atomic E-state index is 13.9. The van der Waals surface area contributed by atoms with Crippen molar-refractivity contribution in [3.8, 4) is 11.5 Å². The lowest BCUT2D eigenvalue weighted by Gasteiger charge is -2.23. The normalized spacial score (nSPS) is 16.0. The number of imidazole rings is 1. The quantitative estimate of drug-likeness (QED) is 0.0507. The molecule has 1 unspecified atom stereocenters. The number of aliphatic hydroxyl groups excluding tert-OH is 1. The van der Waals surface area contributed by atoms with E-state index in [1.807, 2.05) is 44.2 Å². The Morgan fingerprint density at radius 1 is 1.04 bits per heavy atom. The van der Waals surface area contributed by atoms with Crippen LogP contribution in [0.15, 0.2) is 76.8 Å². The number of aromatic nitrogens is 4. The Morgan fingerprint density at radius 2 is 1.85 bits per heavy atom. The van der Waals surface area contributed by atoms with Crippen molar-refractivity contribution in [2.75, 3.05) is 18.1 Å². The van der Waals surface area contributed by atoms with Gasteiger partial charge in [-0.25, -0.2) is 4.98 Å². The summed E-state index contributed by atoms with van der Waals surface area (Å²) in [6, 6.07) is 17.2. The molecule has 3 aromatic heterocycles. The number of aryl methyl sites for hydroxylation is 1. The van der Waals surface area contributed by atoms with E-state index < -0.39 is 17.7 Å². The SMILES string of the molecule is CCCOc1ccc(C2C(=C(O)c3c(C)nc4ccccn34)C(=O)C(=O)N2c2nnc(SCc3ccc(Cl)cc3)s2)cc1OCC. The highest BCUT2D eigenvalue weighted by atomic mass is 35.5. The van der Waals surface area contributed by atoms with Crippen molar-refractivity contribution in [2.45, 2.75) is 43.3 Å². The number of ketones is 1. The van der Waals surface area contributed by atoms with Crippen molar-refractivity contribution < 1.29 is 24.2 Å². The van der Waals surface area contributed by atoms with E-state index in [1.165, 1.54) is 28.0 Å². The molecule has 2 aromatic carbocycles. The summed E-state index contributed by atoms with van der Waals surface area (Å²) >= 11 is 8.67. The lowest BCUT2D eigenvalue weighted by molar-refractivity contribution is -0.132. The molecule has 46 heavy (non-hydrogen) atoms. The smallest absolute Gasteiger partial charge is 0.301 e. The average Bonchev–Trinajstić information content (AvgIpc) is 3.73. The van der Waals surface area contributed by atoms with E-state index in [9.17, 15) is 14.7 Å². The second-order valence-electron chi connectivity index (χ2n) is 10.4. The fourth-order valence-corrected chi connectivity index (χ4v) is 7.20. The number of Topliss-reactive ketones (excluding diaryl/α,β-unsaturated/α-hetero) is 1. The molecular weight excluding hydrogens is 646 g/mol. The van der Waals surface area contributed by atoms with E-state index in [0.29, 0.717) is 62.4 Å². The number of amides is 1. The molecule has 236 valence electrons. The van der Waals surface area contributed by atoms with Gasteiger partial charge in [0.05, 0.1) is 30.5 Å². The third-order valence-corrected chi connectivity index (χ3v) is 9.67. The molecule has 1 aliphatic rings. The van der Waals surface area contributed by atoms with Crippen LogP contribution in [0.25, 0.3) is 11.4 Å². The van der Waals surface area contributed by atoms with Crippen LogP contribution in [0.2, 0.25) is 5.02 Å². The van der Waals surface area contributed by atoms with Crippen LogP contribution in [-0.2, 0) is 15.3 Å². The summed E-state index contributed by atoms with van der Waals surface area (Å²) in [6.45, 7) is 6.48. The van der Waals surface area contributed by atoms with Gasteiger partial charge in [-0.2, -0.15) is 0 Å². The number of aliphatic hydroxyl groups is 1. The zero-order chi connectivity index (χ0) is 32.4. The van der Waals surface area contributed by atoms with Crippen molar-refractivity contribution in [2.24, 2.45) is 0 Å². The van der Waals surface area contributed by atoms with Gasteiger partial charge in [0.15, 0.2) is 21.6 Å². The topological polar surface area (TPSA) is 119 Å². The number of nitrogens with zero attached hydrogens (tertiary/aromatic N) is 5. The summed E-state index contributed by atoms with van der Waals surface area (Å²) < 4.78 is 14.1. The highest BCUT2D eigenvalue weighted by Crippen LogP contribution is 2.46. The second-order valence-corrected chi connectivity index (χ2v) is 13.0. The largest absolute Gasteiger partial charge is 0.505 e. The number of halogens is 1. The van der Waals surface area contributed by atoms with Crippen molar-refractivity contribution >= 4 is 62.9 Å². The zero-order valence-electron chi connectivity index (χ0n) is 25.3. The Kier molecular flexibility index (Phi) is 9.29. The number of carbonyl (C=O) groups is 2. The summed E-state index contributed by atoms with van der Waals surface area (Å²) in [5, 5.41) is 21.4. The minimum Gasteiger partial charge on any atom is -0.505 e. The van der Waals surface area contributed by atoms with Gasteiger partial charge >= 0.3 is 5.91 Å². The van der Waals surface area contributed by atoms with Crippen molar-refractivity contribution in [1.82, 2.24) is 19.6 Å². The highest BCUT2D eigenvalue weighted by molar-refractivity contribution is 8.00. The molecule has 1 fully saturated rings. The number of rotatable bonds is 11. The first-order chi connectivity index (χ1) is 22.3. The summed E-state index contributed by atoms with van der Waals surface area (Å²) in [7, 11) is 0. The van der Waals surface area contributed by atoms with Crippen LogP contribution in [0.4, 0.5) is 5.13 Å². The molecule has 0 saturated carbocycles. The summed E-state index contributed by atoms with van der Waals surface area (Å²) in [5.41, 5.74) is 2.91. The van der Waals surface area contributed by atoms with E-state index in [2.05, 4.69) is 15.2 Å². The standard InChI is InChI=1S/C33H30ClN5O5S2/c1-4-16-44-23-14-11-21(17-24(23)43-5-2)28-26(29(40)27-19(3)35-25-8-6-7-15-38(25)27)30(41)31(42)39(28)32-36-37-33(46-32)45-18-20-9-12-22(34)13-10-20/h6-15,17,28,40H,4-5,16,18H2,1-3H3. The number of ether oxygens (including phenoxy) is 2. The summed E-state index contributed by atoms with van der Waals surface area (Å²) in [6.07, 6.45) is 2.55. The van der Waals surface area contributed by atoms with Gasteiger partial charge in [0.2, 0.25) is 5.13 Å². The lowest BCUT2D eigenvalue weighted by atomic mass is 9.96. The first-order valence-electron chi connectivity index (χ1n) is 14.7. The molecule has 6 rings (SSSR count). The molecule has 1 amide bonds. The van der Waals surface area contributed by atoms with Gasteiger partial charge in [-0.3, -0.25) is 18.9 Å². The molecule has 1 aliphatic heterocycles. The van der Waals surface area contributed by atoms with E-state index >= 15 is 0 Å². The van der Waals surface area contributed by atoms with Crippen LogP contribution >= 0.6 is 34.7 Å². The Labute approximate surface area is 278 Å². The number of anilines is 1. The minimum absolute atomic E-state index is 0.0889. The van der Waals surface area contributed by atoms with E-state index in [0.717, 1.165) is 12.0 Å². The van der Waals surface area contributed by atoms with Gasteiger partial charge in [0, 0.05) is 17.0 Å². The van der Waals surface area contributed by atoms with Crippen LogP contribution in [-0.4, -0.2) is 49.6 Å². The molecule has 13 heteroatoms. The van der Waals surface area contributed by atoms with Gasteiger partial charge in [-0.15, -0.1) is 10.2 Å². The van der Waals surface area contributed by atoms with Crippen LogP contribution in [0.5, 0.6) is 11.5 Å². The van der Waals surface area contributed by atoms with Gasteiger partial charge in [-0.05, 0) is 67.8 Å². The Morgan fingerprint density at radius 3 is 2.61 bits per heavy atom. The van der Waals surface area contributed by atoms with Crippen LogP contribution in [0.1, 0.15) is 48.8 Å². The van der Waals surface area contributed by atoms with Crippen LogP contribution in [0.3, 0.4) is 0 Å². The molecule has 1 N–H and O–H groups in total. The molecule has 1 saturated heterocycles. The number of hydrogen-bond acceptors (Lipinski definition) is 10. The summed E-state index contributed by atoms with van der Waals surface area (Å²) in [4.78, 5) is 33.5. The van der Waals surface area contributed by atoms with E-state index in [4.69, 9.17) is 21.1 Å². The van der Waals surface area contributed by atoms with Crippen molar-refractivity contribution in [3.05, 3.63) is 100.0 Å². The lowest BCUT2D eigenvalue weighted by Crippen LogP contribution is -2.29. The Hall–Kier alpha value is -4.39. The molecule has 10 nitrogen and oxygen atoms in total. The zero-order valence-corrected chi connectivity index (χ0v) is 27.7. The fourth-order valence-electron chi connectivity index (χ4n) is 5.25. The maximum Gasteiger partial charge on any atom is 0.301 e. The minimum atomic E-state index is -1.03. The maximum atomic E-state index is 13.9. The number of fused-ring (bicyclic) bond motifs is 1. The monoisotopic (exact) mass is 675 g/mol. The van der Waals surface area contributed by atoms with E-state index in [-0.39, 0.29) is 16.5 Å². The third-order valence-electron chi connectivity index (χ3n) is 7.30. The molecule has 4 heterocycles. The first-order valence-corrected chi connectivity index (χ1v) is 16.8. The van der Waals surface area contributed by atoms with Crippen molar-refractivity contribution in [1.29, 1.82) is 0 Å². The summed E-state index contributed by atoms with van der Waals surface area (Å²) in [5.74, 6) is -0.401. The molecule has 0 spiro atoms. The first kappa shape index (κ1) is 31.6. The molecule has 5 aromatic rings. The number of pyridine rings is 1. The molecule has 0 bridgehead atoms. The van der Waals surface area contributed by atoms with Gasteiger partial charge in [-0.1, -0.05) is 65.9 Å². The van der Waals surface area contributed by atoms with Gasteiger partial charge in [0.25, 0.3) is 5.78 Å². The number of hydrogen-bond donors (Lipinski definition) is 1. The highest BCUT2D eigenvalue weighted by Gasteiger charge is 2.49. The van der Waals surface area contributed by atoms with Gasteiger partial charge < -0.3 is 14.6 Å². The Balaban J connectivity index is 1.46. The second kappa shape index (κ2) is 13.5. The predicted octanol–water partition coefficient (Wildman–Crippen LogP) is 7.25. The van der Waals surface area contributed by atoms with Crippen LogP contribution < -0.4 is 14.4 Å².